The van der Waals surface area contributed by atoms with E-state index in [0.717, 1.165) is 16.0 Å². The van der Waals surface area contributed by atoms with Crippen LogP contribution < -0.4 is 5.32 Å². The summed E-state index contributed by atoms with van der Waals surface area (Å²) in [6.07, 6.45) is 3.49. The second-order valence-corrected chi connectivity index (χ2v) is 6.34. The van der Waals surface area contributed by atoms with E-state index >= 15 is 0 Å². The molecule has 0 aliphatic heterocycles. The lowest BCUT2D eigenvalue weighted by Gasteiger charge is -2.19. The molecule has 0 saturated heterocycles. The summed E-state index contributed by atoms with van der Waals surface area (Å²) in [5, 5.41) is 3.13. The maximum atomic E-state index is 12.4. The van der Waals surface area contributed by atoms with Crippen molar-refractivity contribution in [1.82, 2.24) is 10.3 Å². The molecule has 0 fully saturated rings. The molecule has 3 nitrogen and oxygen atoms in total. The fraction of sp³-hybridized carbons (Fsp3) is 0.100. The minimum atomic E-state index is -0.168. The predicted octanol–water partition coefficient (Wildman–Crippen LogP) is 4.08. The van der Waals surface area contributed by atoms with Gasteiger partial charge in [-0.2, -0.15) is 0 Å². The molecule has 0 unspecified atom stereocenters. The van der Waals surface area contributed by atoms with Crippen molar-refractivity contribution in [2.45, 2.75) is 10.9 Å². The molecule has 24 heavy (non-hydrogen) atoms. The first-order valence-electron chi connectivity index (χ1n) is 7.75. The monoisotopic (exact) mass is 334 g/mol. The zero-order valence-corrected chi connectivity index (χ0v) is 13.9. The third-order valence-corrected chi connectivity index (χ3v) is 4.60. The van der Waals surface area contributed by atoms with Gasteiger partial charge in [-0.25, -0.2) is 0 Å². The normalized spacial score (nSPS) is 11.7. The van der Waals surface area contributed by atoms with Crippen molar-refractivity contribution in [2.75, 3.05) is 5.75 Å². The zero-order valence-electron chi connectivity index (χ0n) is 13.1. The number of thioether (sulfide) groups is 1. The van der Waals surface area contributed by atoms with E-state index in [1.54, 1.807) is 12.4 Å². The maximum absolute atomic E-state index is 12.4. The highest BCUT2D eigenvalue weighted by Gasteiger charge is 2.16. The molecule has 1 heterocycles. The molecule has 3 rings (SSSR count). The molecule has 120 valence electrons. The van der Waals surface area contributed by atoms with Crippen LogP contribution >= 0.6 is 11.8 Å². The van der Waals surface area contributed by atoms with Crippen molar-refractivity contribution >= 4 is 17.7 Å². The van der Waals surface area contributed by atoms with Crippen LogP contribution in [0.4, 0.5) is 0 Å². The minimum absolute atomic E-state index is 0.00881. The molecule has 2 aromatic carbocycles. The summed E-state index contributed by atoms with van der Waals surface area (Å²) >= 11 is 1.54. The Bertz CT molecular complexity index is 724. The predicted molar refractivity (Wildman–Crippen MR) is 97.8 cm³/mol. The molecule has 3 aromatic rings. The van der Waals surface area contributed by atoms with Gasteiger partial charge < -0.3 is 5.32 Å². The minimum Gasteiger partial charge on any atom is -0.344 e. The van der Waals surface area contributed by atoms with E-state index in [1.165, 1.54) is 11.8 Å². The molecule has 1 N–H and O–H groups in total. The average Bonchev–Trinajstić information content (AvgIpc) is 2.67. The zero-order chi connectivity index (χ0) is 16.6. The SMILES string of the molecule is O=C(CSc1ccccc1)N[C@@H](c1ccccc1)c1ccncc1. The summed E-state index contributed by atoms with van der Waals surface area (Å²) in [6, 6.07) is 23.6. The van der Waals surface area contributed by atoms with Gasteiger partial charge in [-0.1, -0.05) is 48.5 Å². The molecule has 1 atom stereocenters. The van der Waals surface area contributed by atoms with Gasteiger partial charge >= 0.3 is 0 Å². The van der Waals surface area contributed by atoms with Crippen molar-refractivity contribution in [3.05, 3.63) is 96.3 Å². The van der Waals surface area contributed by atoms with Crippen LogP contribution in [0.2, 0.25) is 0 Å². The number of aromatic nitrogens is 1. The van der Waals surface area contributed by atoms with E-state index in [4.69, 9.17) is 0 Å². The number of carbonyl (C=O) groups excluding carboxylic acids is 1. The second-order valence-electron chi connectivity index (χ2n) is 5.29. The van der Waals surface area contributed by atoms with Crippen LogP contribution in [0.3, 0.4) is 0 Å². The lowest BCUT2D eigenvalue weighted by molar-refractivity contribution is -0.119. The van der Waals surface area contributed by atoms with E-state index in [1.807, 2.05) is 72.8 Å². The first kappa shape index (κ1) is 16.3. The van der Waals surface area contributed by atoms with Crippen molar-refractivity contribution in [3.8, 4) is 0 Å². The number of hydrogen-bond donors (Lipinski definition) is 1. The highest BCUT2D eigenvalue weighted by Crippen LogP contribution is 2.22. The van der Waals surface area contributed by atoms with Gasteiger partial charge in [-0.15, -0.1) is 11.8 Å². The lowest BCUT2D eigenvalue weighted by Crippen LogP contribution is -2.30. The van der Waals surface area contributed by atoms with Gasteiger partial charge in [0.1, 0.15) is 0 Å². The Morgan fingerprint density at radius 1 is 0.875 bits per heavy atom. The van der Waals surface area contributed by atoms with Gasteiger partial charge in [-0.3, -0.25) is 9.78 Å². The molecule has 0 bridgehead atoms. The number of rotatable bonds is 6. The van der Waals surface area contributed by atoms with E-state index in [2.05, 4.69) is 10.3 Å². The molecular formula is C20H18N2OS. The highest BCUT2D eigenvalue weighted by atomic mass is 32.2. The van der Waals surface area contributed by atoms with Crippen LogP contribution in [0.25, 0.3) is 0 Å². The van der Waals surface area contributed by atoms with E-state index in [9.17, 15) is 4.79 Å². The van der Waals surface area contributed by atoms with E-state index < -0.39 is 0 Å². The van der Waals surface area contributed by atoms with Crippen LogP contribution in [0.15, 0.2) is 90.1 Å². The summed E-state index contributed by atoms with van der Waals surface area (Å²) < 4.78 is 0. The number of pyridine rings is 1. The topological polar surface area (TPSA) is 42.0 Å². The largest absolute Gasteiger partial charge is 0.344 e. The van der Waals surface area contributed by atoms with Crippen LogP contribution in [0, 0.1) is 0 Å². The van der Waals surface area contributed by atoms with Gasteiger partial charge in [0.05, 0.1) is 11.8 Å². The van der Waals surface area contributed by atoms with Gasteiger partial charge in [0.2, 0.25) is 5.91 Å². The number of nitrogens with one attached hydrogen (secondary N) is 1. The summed E-state index contributed by atoms with van der Waals surface area (Å²) in [5.74, 6) is 0.396. The number of amides is 1. The standard InChI is InChI=1S/C20H18N2OS/c23-19(15-24-18-9-5-2-6-10-18)22-20(16-7-3-1-4-8-16)17-11-13-21-14-12-17/h1-14,20H,15H2,(H,22,23)/t20-/m0/s1. The Morgan fingerprint density at radius 3 is 2.12 bits per heavy atom. The summed E-state index contributed by atoms with van der Waals surface area (Å²) in [6.45, 7) is 0. The number of hydrogen-bond acceptors (Lipinski definition) is 3. The summed E-state index contributed by atoms with van der Waals surface area (Å²) in [4.78, 5) is 17.6. The number of nitrogens with zero attached hydrogens (tertiary/aromatic N) is 1. The third-order valence-electron chi connectivity index (χ3n) is 3.59. The fourth-order valence-corrected chi connectivity index (χ4v) is 3.16. The van der Waals surface area contributed by atoms with Crippen LogP contribution in [-0.4, -0.2) is 16.6 Å². The molecule has 0 aliphatic rings. The van der Waals surface area contributed by atoms with Gasteiger partial charge in [-0.05, 0) is 35.4 Å². The van der Waals surface area contributed by atoms with Crippen molar-refractivity contribution in [1.29, 1.82) is 0 Å². The quantitative estimate of drug-likeness (QED) is 0.691. The molecular weight excluding hydrogens is 316 g/mol. The van der Waals surface area contributed by atoms with Gasteiger partial charge in [0, 0.05) is 17.3 Å². The molecule has 0 saturated carbocycles. The number of carbonyl (C=O) groups is 1. The third kappa shape index (κ3) is 4.46. The van der Waals surface area contributed by atoms with Crippen molar-refractivity contribution in [3.63, 3.8) is 0 Å². The number of benzene rings is 2. The average molecular weight is 334 g/mol. The summed E-state index contributed by atoms with van der Waals surface area (Å²) in [5.41, 5.74) is 2.08. The van der Waals surface area contributed by atoms with Crippen LogP contribution in [0.5, 0.6) is 0 Å². The van der Waals surface area contributed by atoms with E-state index in [-0.39, 0.29) is 11.9 Å². The molecule has 1 aromatic heterocycles. The Kier molecular flexibility index (Phi) is 5.64. The molecule has 0 radical (unpaired) electrons. The highest BCUT2D eigenvalue weighted by molar-refractivity contribution is 8.00. The van der Waals surface area contributed by atoms with Gasteiger partial charge in [0.15, 0.2) is 0 Å². The molecule has 1 amide bonds. The Labute approximate surface area is 146 Å². The first-order valence-corrected chi connectivity index (χ1v) is 8.73. The fourth-order valence-electron chi connectivity index (χ4n) is 2.43. The Hall–Kier alpha value is -2.59. The molecule has 0 spiro atoms. The van der Waals surface area contributed by atoms with Crippen LogP contribution in [-0.2, 0) is 4.79 Å². The lowest BCUT2D eigenvalue weighted by atomic mass is 10.00. The van der Waals surface area contributed by atoms with Crippen molar-refractivity contribution < 1.29 is 4.79 Å². The smallest absolute Gasteiger partial charge is 0.231 e. The molecule has 4 heteroatoms. The maximum Gasteiger partial charge on any atom is 0.231 e. The molecule has 0 aliphatic carbocycles. The second kappa shape index (κ2) is 8.31. The van der Waals surface area contributed by atoms with Gasteiger partial charge in [0.25, 0.3) is 0 Å². The Balaban J connectivity index is 1.71. The van der Waals surface area contributed by atoms with Crippen molar-refractivity contribution in [2.24, 2.45) is 0 Å². The Morgan fingerprint density at radius 2 is 1.46 bits per heavy atom. The van der Waals surface area contributed by atoms with E-state index in [0.29, 0.717) is 5.75 Å². The first-order chi connectivity index (χ1) is 11.8. The summed E-state index contributed by atoms with van der Waals surface area (Å²) in [7, 11) is 0. The van der Waals surface area contributed by atoms with Crippen LogP contribution in [0.1, 0.15) is 17.2 Å².